The van der Waals surface area contributed by atoms with Gasteiger partial charge in [-0.2, -0.15) is 20.1 Å². The van der Waals surface area contributed by atoms with Crippen molar-refractivity contribution in [2.45, 2.75) is 9.79 Å². The van der Waals surface area contributed by atoms with Crippen molar-refractivity contribution in [1.29, 1.82) is 0 Å². The Labute approximate surface area is 368 Å². The molecule has 4 aromatic rings. The summed E-state index contributed by atoms with van der Waals surface area (Å²) in [7, 11) is -12.4. The van der Waals surface area contributed by atoms with Crippen LogP contribution in [0.1, 0.15) is 15.9 Å². The first-order valence-corrected chi connectivity index (χ1v) is 17.8. The molecule has 0 fully saturated rings. The first kappa shape index (κ1) is 46.1. The number of benzene rings is 3. The van der Waals surface area contributed by atoms with Crippen molar-refractivity contribution in [1.82, 2.24) is 15.0 Å². The van der Waals surface area contributed by atoms with Gasteiger partial charge in [-0.3, -0.25) is 10.2 Å². The molecule has 1 aliphatic carbocycles. The van der Waals surface area contributed by atoms with Gasteiger partial charge in [0.05, 0.1) is 27.5 Å². The number of nitrogens with one attached hydrogen (secondary N) is 2. The Bertz CT molecular complexity index is 2420. The number of nitrogens with zero attached hydrogens (tertiary/aromatic N) is 5. The molecule has 3 aromatic carbocycles. The van der Waals surface area contributed by atoms with Crippen LogP contribution in [0.15, 0.2) is 80.5 Å². The van der Waals surface area contributed by atoms with Gasteiger partial charge >= 0.3 is 88.7 Å². The number of hydrogen-bond donors (Lipinski definition) is 2. The van der Waals surface area contributed by atoms with E-state index in [-0.39, 0.29) is 128 Å². The number of hydrazone groups is 1. The number of anilines is 5. The summed E-state index contributed by atoms with van der Waals surface area (Å²) in [4.78, 5) is 24.8. The molecule has 0 spiro atoms. The normalized spacial score (nSPS) is 13.4. The van der Waals surface area contributed by atoms with Gasteiger partial charge in [-0.25, -0.2) is 25.3 Å². The predicted octanol–water partition coefficient (Wildman–Crippen LogP) is -6.58. The number of Topliss-reactive ketones (excluding diaryl/α,β-unsaturated/α-hetero) is 1. The van der Waals surface area contributed by atoms with Crippen LogP contribution < -0.4 is 109 Å². The van der Waals surface area contributed by atoms with E-state index in [2.05, 4.69) is 30.8 Å². The van der Waals surface area contributed by atoms with E-state index in [1.165, 1.54) is 55.5 Å². The van der Waals surface area contributed by atoms with Crippen molar-refractivity contribution in [3.63, 3.8) is 0 Å². The number of hydrogen-bond acceptors (Lipinski definition) is 18. The molecule has 25 heteroatoms. The number of fused-ring (bicyclic) bond motifs is 1. The molecule has 1 aliphatic rings. The summed E-state index contributed by atoms with van der Waals surface area (Å²) in [5, 5.41) is 6.24. The predicted molar refractivity (Wildman–Crippen MR) is 171 cm³/mol. The van der Waals surface area contributed by atoms with E-state index < -0.39 is 62.2 Å². The molecule has 0 bridgehead atoms. The van der Waals surface area contributed by atoms with Gasteiger partial charge in [-0.15, -0.1) is 0 Å². The molecule has 0 atom stereocenters. The van der Waals surface area contributed by atoms with E-state index in [1.807, 2.05) is 0 Å². The van der Waals surface area contributed by atoms with Crippen LogP contribution in [0.2, 0.25) is 5.28 Å². The number of allylic oxidation sites excluding steroid dienone is 1. The van der Waals surface area contributed by atoms with Crippen LogP contribution >= 0.6 is 11.6 Å². The van der Waals surface area contributed by atoms with Gasteiger partial charge in [0.2, 0.25) is 23.0 Å². The Kier molecular flexibility index (Phi) is 16.0. The van der Waals surface area contributed by atoms with Gasteiger partial charge in [0.1, 0.15) is 41.8 Å². The number of methoxy groups -OCH3 is 1. The molecule has 52 heavy (non-hydrogen) atoms. The maximum atomic E-state index is 13.4. The Morgan fingerprint density at radius 3 is 2.06 bits per heavy atom. The second-order valence-corrected chi connectivity index (χ2v) is 14.3. The second kappa shape index (κ2) is 18.1. The van der Waals surface area contributed by atoms with Crippen molar-refractivity contribution < 1.29 is 137 Å². The summed E-state index contributed by atoms with van der Waals surface area (Å²) in [5.41, 5.74) is 1.39. The fraction of sp³-hybridized carbons (Fsp3) is 0.0741. The number of ether oxygens (including phenoxy) is 1. The maximum absolute atomic E-state index is 13.4. The van der Waals surface area contributed by atoms with E-state index in [0.29, 0.717) is 5.69 Å². The minimum Gasteiger partial charge on any atom is -0.744 e. The third kappa shape index (κ3) is 10.8. The first-order chi connectivity index (χ1) is 22.8. The van der Waals surface area contributed by atoms with E-state index in [0.717, 1.165) is 30.3 Å². The van der Waals surface area contributed by atoms with Crippen LogP contribution in [0.4, 0.5) is 29.0 Å². The van der Waals surface area contributed by atoms with Crippen molar-refractivity contribution in [3.8, 4) is 5.75 Å². The van der Waals surface area contributed by atoms with Crippen molar-refractivity contribution in [2.24, 2.45) is 5.10 Å². The van der Waals surface area contributed by atoms with Crippen LogP contribution in [0.25, 0.3) is 6.08 Å². The molecule has 256 valence electrons. The molecule has 0 unspecified atom stereocenters. The molecular formula is C27H19ClN7Na3O11S3. The quantitative estimate of drug-likeness (QED) is 0.0855. The largest absolute Gasteiger partial charge is 1.00 e. The van der Waals surface area contributed by atoms with Crippen molar-refractivity contribution in [3.05, 3.63) is 82.0 Å². The van der Waals surface area contributed by atoms with Gasteiger partial charge in [0.15, 0.2) is 0 Å². The van der Waals surface area contributed by atoms with Crippen LogP contribution in [0.3, 0.4) is 0 Å². The average Bonchev–Trinajstić information content (AvgIpc) is 3.02. The molecule has 0 aliphatic heterocycles. The van der Waals surface area contributed by atoms with Crippen LogP contribution in [-0.4, -0.2) is 79.5 Å². The minimum absolute atomic E-state index is 0. The number of ketones is 1. The molecule has 1 heterocycles. The molecule has 0 saturated carbocycles. The Balaban J connectivity index is 0.00000312. The average molecular weight is 818 g/mol. The first-order valence-electron chi connectivity index (χ1n) is 13.2. The van der Waals surface area contributed by atoms with Crippen LogP contribution in [0, 0.1) is 0 Å². The molecule has 0 amide bonds. The summed E-state index contributed by atoms with van der Waals surface area (Å²) in [6.45, 7) is 0. The van der Waals surface area contributed by atoms with Crippen LogP contribution in [0.5, 0.6) is 5.75 Å². The SMILES string of the molecule is COc1ccc(N/N=C2\C(=O)c3ccc(N(C)c4nc(Cl)nc(Nc5ccc(S(=O)(=O)[O-])cc5)n4)cc3C=C2S(=O)(=O)[O-])c(S(=O)(=O)[O-])c1.[Na+].[Na+].[Na+]. The van der Waals surface area contributed by atoms with Gasteiger partial charge in [0.25, 0.3) is 0 Å². The third-order valence-electron chi connectivity index (χ3n) is 6.71. The van der Waals surface area contributed by atoms with Gasteiger partial charge in [0, 0.05) is 24.0 Å². The summed E-state index contributed by atoms with van der Waals surface area (Å²) in [6.07, 6.45) is 0.898. The van der Waals surface area contributed by atoms with Gasteiger partial charge in [-0.05, 0) is 83.9 Å². The molecule has 2 N–H and O–H groups in total. The van der Waals surface area contributed by atoms with Gasteiger partial charge in [-0.1, -0.05) is 0 Å². The third-order valence-corrected chi connectivity index (χ3v) is 9.46. The smallest absolute Gasteiger partial charge is 0.744 e. The molecule has 18 nitrogen and oxygen atoms in total. The summed E-state index contributed by atoms with van der Waals surface area (Å²) in [6, 6.07) is 12.1. The summed E-state index contributed by atoms with van der Waals surface area (Å²) in [5.74, 6) is -1.12. The molecular weight excluding hydrogens is 799 g/mol. The molecule has 0 saturated heterocycles. The Morgan fingerprint density at radius 1 is 0.827 bits per heavy atom. The number of carbonyl (C=O) groups is 1. The Hall–Kier alpha value is -2.03. The van der Waals surface area contributed by atoms with E-state index >= 15 is 0 Å². The van der Waals surface area contributed by atoms with Crippen molar-refractivity contribution >= 4 is 88.5 Å². The monoisotopic (exact) mass is 817 g/mol. The van der Waals surface area contributed by atoms with Gasteiger partial charge < -0.3 is 28.6 Å². The Morgan fingerprint density at radius 2 is 1.48 bits per heavy atom. The number of aromatic nitrogens is 3. The molecule has 0 radical (unpaired) electrons. The number of rotatable bonds is 10. The molecule has 5 rings (SSSR count). The summed E-state index contributed by atoms with van der Waals surface area (Å²) >= 11 is 6.10. The van der Waals surface area contributed by atoms with E-state index in [9.17, 15) is 43.7 Å². The molecule has 1 aromatic heterocycles. The number of halogens is 1. The fourth-order valence-corrected chi connectivity index (χ4v) is 6.29. The summed E-state index contributed by atoms with van der Waals surface area (Å²) < 4.78 is 111. The number of carbonyl (C=O) groups excluding carboxylic acids is 1. The standard InChI is InChI=1S/C27H22ClN7O11S3.3Na/c1-35(27-31-25(28)30-26(32-27)29-15-3-7-18(8-4-15)47(37,38)39)16-5-9-19-14(11-16)12-22(49(43,44)45)23(24(19)36)34-33-20-10-6-17(46-2)13-21(20)48(40,41)42;;;/h3-13,33H,1-2H3,(H,37,38,39)(H,40,41,42)(H,43,44,45)(H,29,30,31,32);;;/q;3*+1/p-3/b34-23-;;;. The van der Waals surface area contributed by atoms with E-state index in [4.69, 9.17) is 16.3 Å². The maximum Gasteiger partial charge on any atom is 1.00 e. The zero-order valence-electron chi connectivity index (χ0n) is 27.7. The zero-order valence-corrected chi connectivity index (χ0v) is 36.9. The minimum atomic E-state index is -5.34. The van der Waals surface area contributed by atoms with Crippen molar-refractivity contribution in [2.75, 3.05) is 29.8 Å². The fourth-order valence-electron chi connectivity index (χ4n) is 4.37. The topological polar surface area (TPSA) is 276 Å². The second-order valence-electron chi connectivity index (χ2n) is 9.84. The zero-order chi connectivity index (χ0) is 35.9. The van der Waals surface area contributed by atoms with E-state index in [1.54, 1.807) is 0 Å². The van der Waals surface area contributed by atoms with Crippen LogP contribution in [-0.2, 0) is 30.4 Å².